The second-order valence-corrected chi connectivity index (χ2v) is 8.60. The van der Waals surface area contributed by atoms with Crippen LogP contribution in [-0.4, -0.2) is 38.0 Å². The van der Waals surface area contributed by atoms with Crippen molar-refractivity contribution in [3.63, 3.8) is 0 Å². The summed E-state index contributed by atoms with van der Waals surface area (Å²) in [5.41, 5.74) is 3.47. The Morgan fingerprint density at radius 2 is 1.69 bits per heavy atom. The average molecular weight is 489 g/mol. The lowest BCUT2D eigenvalue weighted by Crippen LogP contribution is -2.28. The van der Waals surface area contributed by atoms with Gasteiger partial charge in [-0.1, -0.05) is 18.2 Å². The fourth-order valence-electron chi connectivity index (χ4n) is 3.91. The van der Waals surface area contributed by atoms with Gasteiger partial charge in [0, 0.05) is 18.7 Å². The summed E-state index contributed by atoms with van der Waals surface area (Å²) in [4.78, 5) is 38.9. The van der Waals surface area contributed by atoms with Gasteiger partial charge in [0.15, 0.2) is 6.61 Å². The van der Waals surface area contributed by atoms with Crippen LogP contribution in [0.15, 0.2) is 66.7 Å². The van der Waals surface area contributed by atoms with Gasteiger partial charge in [-0.2, -0.15) is 0 Å². The number of esters is 1. The maximum absolute atomic E-state index is 12.6. The Balaban J connectivity index is 1.30. The van der Waals surface area contributed by atoms with Gasteiger partial charge in [-0.25, -0.2) is 0 Å². The summed E-state index contributed by atoms with van der Waals surface area (Å²) < 4.78 is 16.3. The number of ether oxygens (including phenoxy) is 3. The van der Waals surface area contributed by atoms with Gasteiger partial charge in [0.2, 0.25) is 5.91 Å². The van der Waals surface area contributed by atoms with Crippen LogP contribution in [0.3, 0.4) is 0 Å². The van der Waals surface area contributed by atoms with Crippen LogP contribution in [0, 0.1) is 19.8 Å². The molecule has 8 heteroatoms. The summed E-state index contributed by atoms with van der Waals surface area (Å²) in [6.07, 6.45) is 0.0217. The van der Waals surface area contributed by atoms with Crippen molar-refractivity contribution in [3.05, 3.63) is 77.9 Å². The molecule has 1 fully saturated rings. The second-order valence-electron chi connectivity index (χ2n) is 8.60. The number of benzene rings is 3. The molecule has 0 saturated carbocycles. The van der Waals surface area contributed by atoms with E-state index in [1.54, 1.807) is 53.4 Å². The number of para-hydroxylation sites is 2. The number of carbonyl (C=O) groups is 3. The quantitative estimate of drug-likeness (QED) is 0.465. The largest absolute Gasteiger partial charge is 0.495 e. The van der Waals surface area contributed by atoms with Crippen LogP contribution >= 0.6 is 0 Å². The Labute approximate surface area is 209 Å². The summed E-state index contributed by atoms with van der Waals surface area (Å²) in [7, 11) is 1.50. The van der Waals surface area contributed by atoms with Crippen molar-refractivity contribution in [2.45, 2.75) is 20.3 Å². The van der Waals surface area contributed by atoms with E-state index in [9.17, 15) is 14.4 Å². The number of carbonyl (C=O) groups excluding carboxylic acids is 3. The number of anilines is 2. The lowest BCUT2D eigenvalue weighted by atomic mass is 10.1. The maximum Gasteiger partial charge on any atom is 0.311 e. The zero-order chi connectivity index (χ0) is 25.7. The monoisotopic (exact) mass is 488 g/mol. The number of nitrogens with one attached hydrogen (secondary N) is 1. The highest BCUT2D eigenvalue weighted by atomic mass is 16.5. The van der Waals surface area contributed by atoms with E-state index in [4.69, 9.17) is 14.2 Å². The zero-order valence-corrected chi connectivity index (χ0v) is 20.4. The Bertz CT molecular complexity index is 1270. The molecule has 1 aliphatic heterocycles. The van der Waals surface area contributed by atoms with E-state index in [0.717, 1.165) is 11.3 Å². The first-order valence-electron chi connectivity index (χ1n) is 11.6. The minimum atomic E-state index is -0.650. The van der Waals surface area contributed by atoms with Gasteiger partial charge in [0.25, 0.3) is 5.91 Å². The topological polar surface area (TPSA) is 94.2 Å². The minimum absolute atomic E-state index is 0.0217. The van der Waals surface area contributed by atoms with Crippen LogP contribution in [0.5, 0.6) is 17.2 Å². The van der Waals surface area contributed by atoms with Gasteiger partial charge in [0.1, 0.15) is 17.2 Å². The molecule has 36 heavy (non-hydrogen) atoms. The number of methoxy groups -OCH3 is 1. The molecule has 1 heterocycles. The van der Waals surface area contributed by atoms with Crippen LogP contribution in [0.2, 0.25) is 0 Å². The summed E-state index contributed by atoms with van der Waals surface area (Å²) in [6.45, 7) is 3.80. The molecular formula is C28H28N2O6. The highest BCUT2D eigenvalue weighted by Crippen LogP contribution is 2.30. The van der Waals surface area contributed by atoms with E-state index >= 15 is 0 Å². The summed E-state index contributed by atoms with van der Waals surface area (Å²) in [5, 5.41) is 2.65. The molecule has 8 nitrogen and oxygen atoms in total. The number of hydrogen-bond acceptors (Lipinski definition) is 6. The molecule has 186 valence electrons. The third-order valence-electron chi connectivity index (χ3n) is 6.05. The standard InChI is InChI=1S/C28H28N2O6/c1-18-8-11-23(14-19(18)2)36-22-12-9-21(10-13-22)30-16-20(15-27(30)32)28(33)35-17-26(31)29-24-6-4-5-7-25(24)34-3/h4-14,20H,15-17H2,1-3H3,(H,29,31)/t20-/m1/s1. The van der Waals surface area contributed by atoms with E-state index in [2.05, 4.69) is 5.32 Å². The van der Waals surface area contributed by atoms with Crippen molar-refractivity contribution >= 4 is 29.2 Å². The van der Waals surface area contributed by atoms with Crippen LogP contribution in [0.4, 0.5) is 11.4 Å². The molecule has 0 aliphatic carbocycles. The first-order valence-corrected chi connectivity index (χ1v) is 11.6. The third-order valence-corrected chi connectivity index (χ3v) is 6.05. The third kappa shape index (κ3) is 5.83. The molecular weight excluding hydrogens is 460 g/mol. The van der Waals surface area contributed by atoms with Crippen LogP contribution in [-0.2, 0) is 19.1 Å². The van der Waals surface area contributed by atoms with E-state index in [1.165, 1.54) is 12.7 Å². The van der Waals surface area contributed by atoms with Crippen molar-refractivity contribution < 1.29 is 28.6 Å². The van der Waals surface area contributed by atoms with Gasteiger partial charge in [-0.05, 0) is 73.5 Å². The van der Waals surface area contributed by atoms with Gasteiger partial charge in [-0.3, -0.25) is 14.4 Å². The molecule has 0 spiro atoms. The fourth-order valence-corrected chi connectivity index (χ4v) is 3.91. The van der Waals surface area contributed by atoms with Crippen molar-refractivity contribution in [2.75, 3.05) is 30.5 Å². The highest BCUT2D eigenvalue weighted by Gasteiger charge is 2.36. The number of hydrogen-bond donors (Lipinski definition) is 1. The van der Waals surface area contributed by atoms with Gasteiger partial charge < -0.3 is 24.4 Å². The molecule has 1 aliphatic rings. The molecule has 3 aromatic carbocycles. The van der Waals surface area contributed by atoms with Crippen molar-refractivity contribution in [1.82, 2.24) is 0 Å². The number of aryl methyl sites for hydroxylation is 2. The van der Waals surface area contributed by atoms with Crippen LogP contribution < -0.4 is 19.7 Å². The Morgan fingerprint density at radius 1 is 0.972 bits per heavy atom. The summed E-state index contributed by atoms with van der Waals surface area (Å²) in [6, 6.07) is 19.9. The smallest absolute Gasteiger partial charge is 0.311 e. The zero-order valence-electron chi connectivity index (χ0n) is 20.4. The second kappa shape index (κ2) is 10.9. The van der Waals surface area contributed by atoms with E-state index in [-0.39, 0.29) is 18.9 Å². The molecule has 3 aromatic rings. The predicted octanol–water partition coefficient (Wildman–Crippen LogP) is 4.64. The van der Waals surface area contributed by atoms with Crippen molar-refractivity contribution in [1.29, 1.82) is 0 Å². The fraction of sp³-hybridized carbons (Fsp3) is 0.250. The molecule has 0 aromatic heterocycles. The van der Waals surface area contributed by atoms with E-state index in [1.807, 2.05) is 32.0 Å². The molecule has 1 atom stereocenters. The van der Waals surface area contributed by atoms with E-state index in [0.29, 0.717) is 22.9 Å². The molecule has 1 N–H and O–H groups in total. The lowest BCUT2D eigenvalue weighted by molar-refractivity contribution is -0.151. The average Bonchev–Trinajstić information content (AvgIpc) is 3.27. The van der Waals surface area contributed by atoms with E-state index < -0.39 is 24.4 Å². The molecule has 2 amide bonds. The number of rotatable bonds is 8. The van der Waals surface area contributed by atoms with Crippen LogP contribution in [0.25, 0.3) is 0 Å². The number of amides is 2. The number of nitrogens with zero attached hydrogens (tertiary/aromatic N) is 1. The Morgan fingerprint density at radius 3 is 2.42 bits per heavy atom. The first kappa shape index (κ1) is 24.8. The summed E-state index contributed by atoms with van der Waals surface area (Å²) >= 11 is 0. The predicted molar refractivity (Wildman–Crippen MR) is 135 cm³/mol. The van der Waals surface area contributed by atoms with Crippen LogP contribution in [0.1, 0.15) is 17.5 Å². The summed E-state index contributed by atoms with van der Waals surface area (Å²) in [5.74, 6) is -0.0312. The highest BCUT2D eigenvalue weighted by molar-refractivity contribution is 6.00. The first-order chi connectivity index (χ1) is 17.3. The lowest BCUT2D eigenvalue weighted by Gasteiger charge is -2.17. The van der Waals surface area contributed by atoms with Gasteiger partial charge >= 0.3 is 5.97 Å². The Kier molecular flexibility index (Phi) is 7.53. The Hall–Kier alpha value is -4.33. The van der Waals surface area contributed by atoms with Crippen molar-refractivity contribution in [2.24, 2.45) is 5.92 Å². The minimum Gasteiger partial charge on any atom is -0.495 e. The molecule has 0 radical (unpaired) electrons. The molecule has 0 bridgehead atoms. The SMILES string of the molecule is COc1ccccc1NC(=O)COC(=O)[C@@H]1CC(=O)N(c2ccc(Oc3ccc(C)c(C)c3)cc2)C1. The normalized spacial score (nSPS) is 14.9. The van der Waals surface area contributed by atoms with Crippen molar-refractivity contribution in [3.8, 4) is 17.2 Å². The molecule has 4 rings (SSSR count). The molecule has 0 unspecified atom stereocenters. The molecule has 1 saturated heterocycles. The van der Waals surface area contributed by atoms with Gasteiger partial charge in [-0.15, -0.1) is 0 Å². The maximum atomic E-state index is 12.6. The van der Waals surface area contributed by atoms with Gasteiger partial charge in [0.05, 0.1) is 18.7 Å².